The number of aromatic nitrogens is 4. The van der Waals surface area contributed by atoms with Crippen molar-refractivity contribution < 1.29 is 9.72 Å². The topological polar surface area (TPSA) is 133 Å². The van der Waals surface area contributed by atoms with Crippen molar-refractivity contribution >= 4 is 29.8 Å². The van der Waals surface area contributed by atoms with E-state index in [4.69, 9.17) is 17.3 Å². The summed E-state index contributed by atoms with van der Waals surface area (Å²) in [6, 6.07) is 7.48. The number of hydrogen-bond donors (Lipinski definition) is 2. The van der Waals surface area contributed by atoms with E-state index in [-0.39, 0.29) is 11.6 Å². The van der Waals surface area contributed by atoms with Crippen LogP contribution in [-0.4, -0.2) is 30.7 Å². The quantitative estimate of drug-likeness (QED) is 0.424. The summed E-state index contributed by atoms with van der Waals surface area (Å²) >= 11 is 5.75. The second kappa shape index (κ2) is 7.38. The minimum absolute atomic E-state index is 0.191. The van der Waals surface area contributed by atoms with Gasteiger partial charge in [-0.05, 0) is 22.6 Å². The van der Waals surface area contributed by atoms with Crippen molar-refractivity contribution in [2.24, 2.45) is 7.05 Å². The lowest BCUT2D eigenvalue weighted by atomic mass is 10.2. The zero-order valence-corrected chi connectivity index (χ0v) is 13.3. The van der Waals surface area contributed by atoms with Crippen LogP contribution in [0.3, 0.4) is 0 Å². The molecule has 0 unspecified atom stereocenters. The maximum absolute atomic E-state index is 10.2. The Labute approximate surface area is 141 Å². The molecule has 3 aromatic rings. The number of imidazole rings is 2. The van der Waals surface area contributed by atoms with Gasteiger partial charge in [-0.3, -0.25) is 4.79 Å². The van der Waals surface area contributed by atoms with E-state index in [1.807, 2.05) is 24.3 Å². The van der Waals surface area contributed by atoms with E-state index in [1.54, 1.807) is 6.20 Å². The molecular formula is C14H13ClN6O3. The fourth-order valence-corrected chi connectivity index (χ4v) is 1.93. The standard InChI is InChI=1S/C9H8ClN3.C5H5N3O3/c10-7-3-1-6(2-4-7)8-5-12-9(11)13-8;1-7-4(3-9)2-6-5(7)8(10)11/h1-5H,(H3,11,12,13);2-3H,1H3. The molecule has 3 rings (SSSR count). The molecule has 9 nitrogen and oxygen atoms in total. The molecule has 2 aromatic heterocycles. The first-order valence-electron chi connectivity index (χ1n) is 6.60. The number of carbonyl (C=O) groups is 1. The molecule has 0 aliphatic rings. The van der Waals surface area contributed by atoms with Crippen molar-refractivity contribution in [3.63, 3.8) is 0 Å². The zero-order valence-electron chi connectivity index (χ0n) is 12.5. The largest absolute Gasteiger partial charge is 0.434 e. The molecule has 0 bridgehead atoms. The van der Waals surface area contributed by atoms with Gasteiger partial charge in [-0.25, -0.2) is 9.55 Å². The van der Waals surface area contributed by atoms with Gasteiger partial charge in [0.2, 0.25) is 0 Å². The van der Waals surface area contributed by atoms with Crippen LogP contribution in [0.25, 0.3) is 11.3 Å². The lowest BCUT2D eigenvalue weighted by Gasteiger charge is -1.96. The number of nitrogens with one attached hydrogen (secondary N) is 1. The molecule has 0 saturated carbocycles. The summed E-state index contributed by atoms with van der Waals surface area (Å²) in [5.41, 5.74) is 7.56. The molecule has 3 N–H and O–H groups in total. The minimum atomic E-state index is -0.646. The number of nitrogens with zero attached hydrogens (tertiary/aromatic N) is 4. The Morgan fingerprint density at radius 1 is 1.29 bits per heavy atom. The highest BCUT2D eigenvalue weighted by atomic mass is 35.5. The summed E-state index contributed by atoms with van der Waals surface area (Å²) in [6.45, 7) is 0. The van der Waals surface area contributed by atoms with Gasteiger partial charge in [0.05, 0.1) is 18.9 Å². The van der Waals surface area contributed by atoms with E-state index in [9.17, 15) is 14.9 Å². The number of rotatable bonds is 3. The van der Waals surface area contributed by atoms with Gasteiger partial charge in [-0.2, -0.15) is 0 Å². The summed E-state index contributed by atoms with van der Waals surface area (Å²) in [7, 11) is 1.41. The lowest BCUT2D eigenvalue weighted by Crippen LogP contribution is -2.00. The zero-order chi connectivity index (χ0) is 17.7. The molecule has 0 saturated heterocycles. The van der Waals surface area contributed by atoms with Crippen molar-refractivity contribution in [3.05, 3.63) is 57.5 Å². The van der Waals surface area contributed by atoms with Crippen molar-refractivity contribution in [3.8, 4) is 11.3 Å². The average molecular weight is 349 g/mol. The van der Waals surface area contributed by atoms with Crippen molar-refractivity contribution in [2.75, 3.05) is 5.73 Å². The van der Waals surface area contributed by atoms with Crippen LogP contribution in [0.1, 0.15) is 10.5 Å². The summed E-state index contributed by atoms with van der Waals surface area (Å²) in [4.78, 5) is 30.0. The number of anilines is 1. The number of nitrogen functional groups attached to an aromatic ring is 1. The highest BCUT2D eigenvalue weighted by molar-refractivity contribution is 6.30. The molecule has 24 heavy (non-hydrogen) atoms. The molecule has 0 spiro atoms. The number of benzene rings is 1. The van der Waals surface area contributed by atoms with Crippen LogP contribution < -0.4 is 5.73 Å². The maximum atomic E-state index is 10.2. The monoisotopic (exact) mass is 348 g/mol. The van der Waals surface area contributed by atoms with E-state index >= 15 is 0 Å². The third kappa shape index (κ3) is 3.96. The van der Waals surface area contributed by atoms with Crippen LogP contribution in [-0.2, 0) is 7.05 Å². The third-order valence-corrected chi connectivity index (χ3v) is 3.29. The number of aldehydes is 1. The van der Waals surface area contributed by atoms with Crippen molar-refractivity contribution in [1.29, 1.82) is 0 Å². The van der Waals surface area contributed by atoms with Gasteiger partial charge in [0, 0.05) is 5.02 Å². The predicted molar refractivity (Wildman–Crippen MR) is 88.7 cm³/mol. The van der Waals surface area contributed by atoms with Gasteiger partial charge >= 0.3 is 5.95 Å². The van der Waals surface area contributed by atoms with E-state index < -0.39 is 4.92 Å². The van der Waals surface area contributed by atoms with Crippen LogP contribution in [0.15, 0.2) is 36.7 Å². The first kappa shape index (κ1) is 17.2. The van der Waals surface area contributed by atoms with E-state index in [2.05, 4.69) is 15.0 Å². The number of hydrogen-bond acceptors (Lipinski definition) is 6. The van der Waals surface area contributed by atoms with Crippen LogP contribution in [0, 0.1) is 10.1 Å². The van der Waals surface area contributed by atoms with E-state index in [0.717, 1.165) is 27.0 Å². The molecule has 0 atom stereocenters. The Kier molecular flexibility index (Phi) is 5.27. The molecule has 124 valence electrons. The fourth-order valence-electron chi connectivity index (χ4n) is 1.80. The SMILES string of the molecule is Cn1c(C=O)cnc1[N+](=O)[O-].Nc1ncc(-c2ccc(Cl)cc2)[nH]1. The molecule has 0 amide bonds. The van der Waals surface area contributed by atoms with Gasteiger partial charge in [-0.15, -0.1) is 0 Å². The second-order valence-corrected chi connectivity index (χ2v) is 5.04. The number of H-pyrrole nitrogens is 1. The normalized spacial score (nSPS) is 9.92. The van der Waals surface area contributed by atoms with Gasteiger partial charge in [-0.1, -0.05) is 28.7 Å². The second-order valence-electron chi connectivity index (χ2n) is 4.61. The molecule has 0 radical (unpaired) electrons. The third-order valence-electron chi connectivity index (χ3n) is 3.03. The number of aromatic amines is 1. The fraction of sp³-hybridized carbons (Fsp3) is 0.0714. The van der Waals surface area contributed by atoms with Gasteiger partial charge in [0.1, 0.15) is 6.20 Å². The summed E-state index contributed by atoms with van der Waals surface area (Å²) in [6.07, 6.45) is 3.36. The van der Waals surface area contributed by atoms with Gasteiger partial charge < -0.3 is 20.8 Å². The summed E-state index contributed by atoms with van der Waals surface area (Å²) < 4.78 is 1.12. The Morgan fingerprint density at radius 2 is 1.96 bits per heavy atom. The number of nitrogens with two attached hydrogens (primary N) is 1. The van der Waals surface area contributed by atoms with E-state index in [1.165, 1.54) is 7.05 Å². The number of carbonyl (C=O) groups excluding carboxylic acids is 1. The van der Waals surface area contributed by atoms with Crippen LogP contribution >= 0.6 is 11.6 Å². The molecule has 0 fully saturated rings. The predicted octanol–water partition coefficient (Wildman–Crippen LogP) is 2.45. The highest BCUT2D eigenvalue weighted by Gasteiger charge is 2.15. The Balaban J connectivity index is 0.000000177. The molecular weight excluding hydrogens is 336 g/mol. The van der Waals surface area contributed by atoms with Crippen LogP contribution in [0.5, 0.6) is 0 Å². The first-order chi connectivity index (χ1) is 11.4. The molecule has 2 heterocycles. The number of halogens is 1. The Morgan fingerprint density at radius 3 is 2.38 bits per heavy atom. The van der Waals surface area contributed by atoms with Crippen LogP contribution in [0.4, 0.5) is 11.9 Å². The molecule has 0 aliphatic heterocycles. The Hall–Kier alpha value is -3.20. The Bertz CT molecular complexity index is 856. The lowest BCUT2D eigenvalue weighted by molar-refractivity contribution is -0.396. The molecule has 0 aliphatic carbocycles. The van der Waals surface area contributed by atoms with Crippen LogP contribution in [0.2, 0.25) is 5.02 Å². The highest BCUT2D eigenvalue weighted by Crippen LogP contribution is 2.19. The van der Waals surface area contributed by atoms with Gasteiger partial charge in [0.25, 0.3) is 0 Å². The van der Waals surface area contributed by atoms with Crippen molar-refractivity contribution in [1.82, 2.24) is 19.5 Å². The molecule has 10 heteroatoms. The summed E-state index contributed by atoms with van der Waals surface area (Å²) in [5.74, 6) is 0.0945. The number of nitro groups is 1. The first-order valence-corrected chi connectivity index (χ1v) is 6.98. The minimum Gasteiger partial charge on any atom is -0.390 e. The molecule has 1 aromatic carbocycles. The smallest absolute Gasteiger partial charge is 0.390 e. The maximum Gasteiger partial charge on any atom is 0.434 e. The van der Waals surface area contributed by atoms with Crippen molar-refractivity contribution in [2.45, 2.75) is 0 Å². The summed E-state index contributed by atoms with van der Waals surface area (Å²) in [5, 5.41) is 10.9. The van der Waals surface area contributed by atoms with E-state index in [0.29, 0.717) is 12.2 Å². The van der Waals surface area contributed by atoms with Gasteiger partial charge in [0.15, 0.2) is 17.9 Å². The average Bonchev–Trinajstić information content (AvgIpc) is 3.14.